The maximum atomic E-state index is 13.1. The largest absolute Gasteiger partial charge is 0.486 e. The molecule has 1 unspecified atom stereocenters. The first-order valence-corrected chi connectivity index (χ1v) is 10.2. The third kappa shape index (κ3) is 4.65. The number of carbonyl (C=O) groups excluding carboxylic acids is 3. The Morgan fingerprint density at radius 2 is 2.18 bits per heavy atom. The summed E-state index contributed by atoms with van der Waals surface area (Å²) in [5.74, 6) is -1.86. The molecule has 1 aromatic heterocycles. The number of nitrogens with two attached hydrogens (primary N) is 1. The molecule has 9 nitrogen and oxygen atoms in total. The van der Waals surface area contributed by atoms with E-state index in [1.165, 1.54) is 17.2 Å². The molecular weight excluding hydrogens is 467 g/mol. The molecule has 3 amide bonds. The molecule has 13 heteroatoms. The van der Waals surface area contributed by atoms with Crippen molar-refractivity contribution >= 4 is 35.5 Å². The minimum atomic E-state index is -4.60. The average Bonchev–Trinajstić information content (AvgIpc) is 3.06. The number of rotatable bonds is 9. The van der Waals surface area contributed by atoms with E-state index in [-0.39, 0.29) is 48.0 Å². The minimum absolute atomic E-state index is 0.00626. The lowest BCUT2D eigenvalue weighted by Gasteiger charge is -2.47. The number of carbonyl (C=O) groups is 3. The van der Waals surface area contributed by atoms with Gasteiger partial charge in [0.1, 0.15) is 11.5 Å². The molecule has 33 heavy (non-hydrogen) atoms. The monoisotopic (exact) mass is 487 g/mol. The van der Waals surface area contributed by atoms with Crippen molar-refractivity contribution in [3.05, 3.63) is 39.9 Å². The van der Waals surface area contributed by atoms with Gasteiger partial charge in [0, 0.05) is 55.5 Å². The van der Waals surface area contributed by atoms with Crippen molar-refractivity contribution in [3.8, 4) is 0 Å². The van der Waals surface area contributed by atoms with E-state index in [1.807, 2.05) is 0 Å². The van der Waals surface area contributed by atoms with Crippen molar-refractivity contribution in [2.24, 2.45) is 11.1 Å². The molecule has 2 atom stereocenters. The van der Waals surface area contributed by atoms with Crippen molar-refractivity contribution in [1.29, 1.82) is 5.41 Å². The number of primary amides is 1. The molecule has 0 bridgehead atoms. The van der Waals surface area contributed by atoms with Gasteiger partial charge in [0.25, 0.3) is 11.8 Å². The molecule has 0 saturated carbocycles. The predicted octanol–water partition coefficient (Wildman–Crippen LogP) is 2.10. The molecule has 1 aliphatic carbocycles. The predicted molar refractivity (Wildman–Crippen MR) is 110 cm³/mol. The Kier molecular flexibility index (Phi) is 6.68. The van der Waals surface area contributed by atoms with E-state index < -0.39 is 42.0 Å². The average molecular weight is 488 g/mol. The summed E-state index contributed by atoms with van der Waals surface area (Å²) in [6, 6.07) is 0.637. The van der Waals surface area contributed by atoms with Crippen LogP contribution in [0.4, 0.5) is 13.2 Å². The number of halogens is 4. The van der Waals surface area contributed by atoms with Gasteiger partial charge in [-0.15, -0.1) is 0 Å². The van der Waals surface area contributed by atoms with Gasteiger partial charge >= 0.3 is 6.18 Å². The number of nitrogens with zero attached hydrogens (tertiary/aromatic N) is 2. The Morgan fingerprint density at radius 3 is 2.76 bits per heavy atom. The molecule has 1 aromatic rings. The second-order valence-corrected chi connectivity index (χ2v) is 8.22. The van der Waals surface area contributed by atoms with E-state index in [0.29, 0.717) is 5.56 Å². The molecule has 1 aliphatic heterocycles. The zero-order valence-electron chi connectivity index (χ0n) is 17.5. The number of pyridine rings is 1. The molecule has 0 spiro atoms. The molecule has 0 fully saturated rings. The summed E-state index contributed by atoms with van der Waals surface area (Å²) in [6.45, 7) is -0.0566. The number of amides is 3. The van der Waals surface area contributed by atoms with E-state index in [1.54, 1.807) is 6.92 Å². The third-order valence-electron chi connectivity index (χ3n) is 5.72. The van der Waals surface area contributed by atoms with E-state index in [0.717, 1.165) is 6.21 Å². The van der Waals surface area contributed by atoms with Gasteiger partial charge in [0.2, 0.25) is 5.91 Å². The molecule has 0 aromatic carbocycles. The van der Waals surface area contributed by atoms with E-state index in [9.17, 15) is 27.6 Å². The van der Waals surface area contributed by atoms with Gasteiger partial charge in [0.15, 0.2) is 6.61 Å². The molecule has 2 heterocycles. The Balaban J connectivity index is 1.83. The van der Waals surface area contributed by atoms with Crippen LogP contribution in [0.5, 0.6) is 0 Å². The smallest absolute Gasteiger partial charge is 0.422 e. The molecule has 3 rings (SSSR count). The highest BCUT2D eigenvalue weighted by atomic mass is 35.5. The van der Waals surface area contributed by atoms with Crippen LogP contribution in [0.25, 0.3) is 0 Å². The number of ether oxygens (including phenoxy) is 1. The normalized spacial score (nSPS) is 20.8. The zero-order chi connectivity index (χ0) is 24.6. The fourth-order valence-electron chi connectivity index (χ4n) is 3.92. The van der Waals surface area contributed by atoms with Gasteiger partial charge < -0.3 is 26.1 Å². The number of allylic oxidation sites excluding steroid dienone is 1. The molecule has 0 saturated heterocycles. The van der Waals surface area contributed by atoms with Crippen molar-refractivity contribution in [2.45, 2.75) is 38.5 Å². The Bertz CT molecular complexity index is 1050. The SMILES string of the molecule is CC(N1Cc2c(ccnc2C(=O)NCCC(N)=O)C1=O)[C@@]1(C=N)CC(Cl)=C1OCC(F)(F)F. The lowest BCUT2D eigenvalue weighted by molar-refractivity contribution is -0.170. The summed E-state index contributed by atoms with van der Waals surface area (Å²) in [5.41, 5.74) is 4.25. The number of alkyl halides is 3. The van der Waals surface area contributed by atoms with Crippen LogP contribution in [-0.2, 0) is 16.1 Å². The number of aromatic nitrogens is 1. The highest BCUT2D eigenvalue weighted by molar-refractivity contribution is 6.31. The summed E-state index contributed by atoms with van der Waals surface area (Å²) < 4.78 is 42.9. The van der Waals surface area contributed by atoms with Gasteiger partial charge in [-0.3, -0.25) is 19.4 Å². The van der Waals surface area contributed by atoms with E-state index >= 15 is 0 Å². The summed E-state index contributed by atoms with van der Waals surface area (Å²) in [4.78, 5) is 41.9. The van der Waals surface area contributed by atoms with Crippen LogP contribution < -0.4 is 11.1 Å². The van der Waals surface area contributed by atoms with Gasteiger partial charge in [-0.05, 0) is 13.0 Å². The van der Waals surface area contributed by atoms with E-state index in [2.05, 4.69) is 10.3 Å². The number of hydrogen-bond donors (Lipinski definition) is 3. The molecule has 2 aliphatic rings. The molecule has 0 radical (unpaired) electrons. The van der Waals surface area contributed by atoms with Crippen molar-refractivity contribution in [3.63, 3.8) is 0 Å². The highest BCUT2D eigenvalue weighted by Crippen LogP contribution is 2.52. The highest BCUT2D eigenvalue weighted by Gasteiger charge is 2.54. The maximum Gasteiger partial charge on any atom is 0.422 e. The Labute approximate surface area is 191 Å². The van der Waals surface area contributed by atoms with Crippen LogP contribution in [0.3, 0.4) is 0 Å². The lowest BCUT2D eigenvalue weighted by atomic mass is 9.69. The maximum absolute atomic E-state index is 13.1. The van der Waals surface area contributed by atoms with Crippen LogP contribution in [0, 0.1) is 10.8 Å². The van der Waals surface area contributed by atoms with Crippen LogP contribution in [0.2, 0.25) is 0 Å². The van der Waals surface area contributed by atoms with Crippen molar-refractivity contribution < 1.29 is 32.3 Å². The second kappa shape index (κ2) is 9.00. The Hall–Kier alpha value is -3.15. The quantitative estimate of drug-likeness (QED) is 0.458. The summed E-state index contributed by atoms with van der Waals surface area (Å²) in [5, 5.41) is 10.4. The first-order valence-electron chi connectivity index (χ1n) is 9.87. The van der Waals surface area contributed by atoms with Gasteiger partial charge in [0.05, 0.1) is 10.4 Å². The number of fused-ring (bicyclic) bond motifs is 1. The van der Waals surface area contributed by atoms with Crippen LogP contribution >= 0.6 is 11.6 Å². The molecule has 178 valence electrons. The minimum Gasteiger partial charge on any atom is -0.486 e. The first-order chi connectivity index (χ1) is 15.4. The van der Waals surface area contributed by atoms with Gasteiger partial charge in [-0.25, -0.2) is 0 Å². The lowest BCUT2D eigenvalue weighted by Crippen LogP contribution is -2.53. The standard InChI is InChI=1S/C20H21ClF3N5O4/c1-10(19(8-25)6-13(21)16(19)33-9-20(22,23)24)29-7-12-11(18(29)32)2-4-27-15(12)17(31)28-5-3-14(26)30/h2,4,8,10,25H,3,5-7,9H2,1H3,(H2,26,30)(H,28,31)/t10?,19-/m0/s1. The zero-order valence-corrected chi connectivity index (χ0v) is 18.2. The number of nitrogens with one attached hydrogen (secondary N) is 2. The van der Waals surface area contributed by atoms with Crippen molar-refractivity contribution in [2.75, 3.05) is 13.2 Å². The van der Waals surface area contributed by atoms with Crippen LogP contribution in [0.1, 0.15) is 46.2 Å². The third-order valence-corrected chi connectivity index (χ3v) is 6.02. The fourth-order valence-corrected chi connectivity index (χ4v) is 4.38. The second-order valence-electron chi connectivity index (χ2n) is 7.77. The van der Waals surface area contributed by atoms with Gasteiger partial charge in [-0.2, -0.15) is 13.2 Å². The first kappa shape index (κ1) is 24.5. The molecule has 4 N–H and O–H groups in total. The number of hydrogen-bond acceptors (Lipinski definition) is 6. The van der Waals surface area contributed by atoms with Crippen LogP contribution in [0.15, 0.2) is 23.1 Å². The summed E-state index contributed by atoms with van der Waals surface area (Å²) in [6.07, 6.45) is -2.41. The summed E-state index contributed by atoms with van der Waals surface area (Å²) in [7, 11) is 0. The molecular formula is C20H21ClF3N5O4. The fraction of sp³-hybridized carbons (Fsp3) is 0.450. The van der Waals surface area contributed by atoms with Crippen molar-refractivity contribution in [1.82, 2.24) is 15.2 Å². The van der Waals surface area contributed by atoms with Crippen LogP contribution in [-0.4, -0.2) is 59.2 Å². The van der Waals surface area contributed by atoms with Gasteiger partial charge in [-0.1, -0.05) is 11.6 Å². The Morgan fingerprint density at radius 1 is 1.48 bits per heavy atom. The van der Waals surface area contributed by atoms with E-state index in [4.69, 9.17) is 27.5 Å². The summed E-state index contributed by atoms with van der Waals surface area (Å²) >= 11 is 6.01. The topological polar surface area (TPSA) is 138 Å².